The van der Waals surface area contributed by atoms with Gasteiger partial charge in [-0.25, -0.2) is 0 Å². The molecule has 540 valence electrons. The molecule has 0 aromatic heterocycles. The van der Waals surface area contributed by atoms with Crippen LogP contribution in [0.4, 0.5) is 0 Å². The fourth-order valence-electron chi connectivity index (χ4n) is 20.3. The summed E-state index contributed by atoms with van der Waals surface area (Å²) in [6, 6.07) is 6.54. The van der Waals surface area contributed by atoms with Crippen LogP contribution in [0.2, 0.25) is 99.7 Å². The van der Waals surface area contributed by atoms with Gasteiger partial charge in [0.1, 0.15) is 48.8 Å². The van der Waals surface area contributed by atoms with Gasteiger partial charge in [-0.3, -0.25) is 0 Å². The van der Waals surface area contributed by atoms with Gasteiger partial charge in [0.05, 0.1) is 19.3 Å². The van der Waals surface area contributed by atoms with Crippen LogP contribution in [0.25, 0.3) is 0 Å². The van der Waals surface area contributed by atoms with Crippen LogP contribution in [0.15, 0.2) is 18.2 Å². The summed E-state index contributed by atoms with van der Waals surface area (Å²) in [5.74, 6) is 15.2. The average molecular weight is 1400 g/mol. The van der Waals surface area contributed by atoms with Crippen molar-refractivity contribution in [3.63, 3.8) is 0 Å². The van der Waals surface area contributed by atoms with E-state index in [1.165, 1.54) is 0 Å². The molecule has 3 rings (SSSR count). The van der Waals surface area contributed by atoms with Crippen molar-refractivity contribution in [2.24, 2.45) is 0 Å². The molecule has 0 unspecified atom stereocenters. The molecule has 2 aliphatic heterocycles. The van der Waals surface area contributed by atoms with Crippen LogP contribution in [0.1, 0.15) is 286 Å². The van der Waals surface area contributed by atoms with Crippen molar-refractivity contribution in [2.75, 3.05) is 13.2 Å². The molecule has 93 heavy (non-hydrogen) atoms. The van der Waals surface area contributed by atoms with Gasteiger partial charge in [-0.15, -0.1) is 0 Å². The van der Waals surface area contributed by atoms with Crippen molar-refractivity contribution in [1.29, 1.82) is 0 Å². The second-order valence-electron chi connectivity index (χ2n) is 35.0. The molecule has 9 atom stereocenters. The van der Waals surface area contributed by atoms with Gasteiger partial charge < -0.3 is 41.1 Å². The Balaban J connectivity index is 2.59. The Kier molecular flexibility index (Phi) is 32.8. The fraction of sp³-hybridized carbons (Fsp3) is 0.872. The maximum atomic E-state index is 11.8. The largest absolute Gasteiger partial charge is 0.408 e. The molecule has 9 nitrogen and oxygen atoms in total. The van der Waals surface area contributed by atoms with Crippen LogP contribution in [-0.4, -0.2) is 123 Å². The third-order valence-electron chi connectivity index (χ3n) is 23.9. The van der Waals surface area contributed by atoms with Crippen LogP contribution < -0.4 is 0 Å². The molecule has 0 aliphatic carbocycles. The number of ether oxygens (including phenoxy) is 2. The van der Waals surface area contributed by atoms with Crippen molar-refractivity contribution < 1.29 is 41.1 Å². The van der Waals surface area contributed by atoms with Crippen LogP contribution in [0, 0.1) is 23.7 Å². The van der Waals surface area contributed by atoms with Crippen LogP contribution >= 0.6 is 0 Å². The molecule has 0 spiro atoms. The minimum atomic E-state index is -2.67. The third-order valence-corrected chi connectivity index (χ3v) is 60.5. The highest BCUT2D eigenvalue weighted by Gasteiger charge is 2.62. The monoisotopic (exact) mass is 1400 g/mol. The summed E-state index contributed by atoms with van der Waals surface area (Å²) in [6.45, 7) is 90.0. The Bertz CT molecular complexity index is 2410. The third kappa shape index (κ3) is 17.6. The van der Waals surface area contributed by atoms with E-state index in [0.717, 1.165) is 16.7 Å². The predicted octanol–water partition coefficient (Wildman–Crippen LogP) is 23.0. The first-order chi connectivity index (χ1) is 42.7. The lowest BCUT2D eigenvalue weighted by Crippen LogP contribution is -2.69. The molecule has 1 N–H and O–H groups in total. The number of aliphatic hydroxyl groups is 1. The SMILES string of the molecule is CC(C)c1cc(C#C[C@H]2OC[C@@H](O[Si](C(C)C)(C(C)C)C(C)C)[C@@H](O[Si](C(C)C)(C(C)C)C(C)C)[C@@H]2O[Si](C(C)C)(C(C)C)C(C)C)ccc1C#C[C@H]1O[C@H](CO)[C@@H](O[Si](C(C)C)(C(C)C)C(C)C)[C@H](O[Si](C(C)C)(C(C)C)C(C)C)[C@@H]1O[Si](C(C)C)(C(C)C)C(C)C. The predicted molar refractivity (Wildman–Crippen MR) is 415 cm³/mol. The van der Waals surface area contributed by atoms with Gasteiger partial charge in [0.25, 0.3) is 0 Å². The van der Waals surface area contributed by atoms with Crippen molar-refractivity contribution >= 4 is 49.9 Å². The van der Waals surface area contributed by atoms with Crippen molar-refractivity contribution in [3.8, 4) is 23.7 Å². The zero-order valence-corrected chi connectivity index (χ0v) is 73.5. The highest BCUT2D eigenvalue weighted by atomic mass is 28.4. The molecule has 2 fully saturated rings. The molecular weight excluding hydrogens is 1250 g/mol. The van der Waals surface area contributed by atoms with Gasteiger partial charge in [-0.1, -0.05) is 287 Å². The van der Waals surface area contributed by atoms with E-state index in [4.69, 9.17) is 36.0 Å². The van der Waals surface area contributed by atoms with Gasteiger partial charge in [0, 0.05) is 11.1 Å². The Labute approximate surface area is 582 Å². The highest BCUT2D eigenvalue weighted by Crippen LogP contribution is 2.54. The van der Waals surface area contributed by atoms with E-state index in [2.05, 4.69) is 305 Å². The summed E-state index contributed by atoms with van der Waals surface area (Å²) >= 11 is 0. The molecule has 1 aromatic carbocycles. The molecule has 2 saturated heterocycles. The van der Waals surface area contributed by atoms with Gasteiger partial charge in [-0.2, -0.15) is 0 Å². The zero-order chi connectivity index (χ0) is 71.9. The van der Waals surface area contributed by atoms with E-state index in [1.807, 2.05) is 0 Å². The highest BCUT2D eigenvalue weighted by molar-refractivity contribution is 6.80. The summed E-state index contributed by atoms with van der Waals surface area (Å²) in [5, 5.41) is 11.8. The first-order valence-electron chi connectivity index (χ1n) is 37.8. The Morgan fingerprint density at radius 2 is 0.634 bits per heavy atom. The van der Waals surface area contributed by atoms with Gasteiger partial charge in [0.15, 0.2) is 0 Å². The maximum absolute atomic E-state index is 11.8. The minimum absolute atomic E-state index is 0.120. The summed E-state index contributed by atoms with van der Waals surface area (Å²) < 4.78 is 63.4. The number of hydrogen-bond acceptors (Lipinski definition) is 9. The summed E-state index contributed by atoms with van der Waals surface area (Å²) in [6.07, 6.45) is -4.83. The normalized spacial score (nSPS) is 23.0. The standard InChI is InChI=1S/C78H150O9Si6/c1-48(2)69-45-67(40-43-70-74(83-89(52(9)10,53(11)12)54(13)14)77(86-92(61(27)28,62(29)30)63(31)32)73(47-80-70)82-88(49(3)4,50(5)6)51(7)8)39-41-68(69)42-44-71-75(84-90(55(15)16,56(17)18)57(19)20)78(87-93(64(33)34,65(35)36)66(37)38)76(72(46-79)81-71)85-91(58(21)22,59(23)24)60(25)26/h39,41,45,48-66,70-79H,46-47H2,1-38H3/t70-,71-,72-,73-,74-,75-,76-,77-,78-/m1/s1. The van der Waals surface area contributed by atoms with Crippen LogP contribution in [0.3, 0.4) is 0 Å². The lowest BCUT2D eigenvalue weighted by atomic mass is 9.93. The number of rotatable bonds is 32. The van der Waals surface area contributed by atoms with Crippen LogP contribution in [-0.2, 0) is 36.0 Å². The first-order valence-corrected chi connectivity index (χ1v) is 50.7. The van der Waals surface area contributed by atoms with Crippen molar-refractivity contribution in [1.82, 2.24) is 0 Å². The molecule has 0 saturated carbocycles. The lowest BCUT2D eigenvalue weighted by molar-refractivity contribution is -0.203. The molecule has 2 aliphatic rings. The fourth-order valence-corrected chi connectivity index (χ4v) is 53.6. The first kappa shape index (κ1) is 86.5. The van der Waals surface area contributed by atoms with E-state index in [1.54, 1.807) is 0 Å². The molecular formula is C78H150O9Si6. The van der Waals surface area contributed by atoms with E-state index >= 15 is 0 Å². The molecule has 0 amide bonds. The summed E-state index contributed by atoms with van der Waals surface area (Å²) in [5.41, 5.74) is 8.80. The van der Waals surface area contributed by atoms with Gasteiger partial charge in [-0.05, 0) is 129 Å². The Morgan fingerprint density at radius 3 is 0.946 bits per heavy atom. The van der Waals surface area contributed by atoms with Crippen molar-refractivity contribution in [3.05, 3.63) is 34.9 Å². The smallest absolute Gasteiger partial charge is 0.201 e. The molecule has 15 heteroatoms. The Morgan fingerprint density at radius 1 is 0.355 bits per heavy atom. The summed E-state index contributed by atoms with van der Waals surface area (Å²) in [7, 11) is -15.5. The Hall–Kier alpha value is -0.719. The number of benzene rings is 1. The molecule has 1 aromatic rings. The van der Waals surface area contributed by atoms with Gasteiger partial charge >= 0.3 is 0 Å². The van der Waals surface area contributed by atoms with E-state index in [-0.39, 0.29) is 41.4 Å². The number of aliphatic hydroxyl groups excluding tert-OH is 1. The second kappa shape index (κ2) is 35.2. The summed E-state index contributed by atoms with van der Waals surface area (Å²) in [4.78, 5) is 0. The minimum Gasteiger partial charge on any atom is -0.408 e. The van der Waals surface area contributed by atoms with Crippen LogP contribution in [0.5, 0.6) is 0 Å². The quantitative estimate of drug-likeness (QED) is 0.0559. The van der Waals surface area contributed by atoms with Gasteiger partial charge in [0.2, 0.25) is 49.9 Å². The average Bonchev–Trinajstić information content (AvgIpc) is 0.753. The van der Waals surface area contributed by atoms with E-state index in [0.29, 0.717) is 89.7 Å². The molecule has 0 bridgehead atoms. The second-order valence-corrected chi connectivity index (χ2v) is 67.4. The van der Waals surface area contributed by atoms with Crippen molar-refractivity contribution in [2.45, 2.75) is 424 Å². The lowest BCUT2D eigenvalue weighted by Gasteiger charge is -2.56. The maximum Gasteiger partial charge on any atom is 0.201 e. The van der Waals surface area contributed by atoms with E-state index in [9.17, 15) is 5.11 Å². The zero-order valence-electron chi connectivity index (χ0n) is 67.5. The molecule has 2 heterocycles. The number of hydrogen-bond donors (Lipinski definition) is 1. The van der Waals surface area contributed by atoms with E-state index < -0.39 is 92.6 Å². The molecule has 0 radical (unpaired) electrons. The topological polar surface area (TPSA) is 94.1 Å².